The fourth-order valence-corrected chi connectivity index (χ4v) is 5.38. The van der Waals surface area contributed by atoms with E-state index < -0.39 is 0 Å². The van der Waals surface area contributed by atoms with Gasteiger partial charge in [-0.3, -0.25) is 0 Å². The molecule has 160 valence electrons. The van der Waals surface area contributed by atoms with E-state index in [2.05, 4.69) is 99.8 Å². The Morgan fingerprint density at radius 3 is 2.39 bits per heavy atom. The van der Waals surface area contributed by atoms with Crippen molar-refractivity contribution >= 4 is 39.9 Å². The van der Waals surface area contributed by atoms with Crippen molar-refractivity contribution in [1.29, 1.82) is 0 Å². The van der Waals surface area contributed by atoms with Crippen LogP contribution in [0.1, 0.15) is 53.4 Å². The van der Waals surface area contributed by atoms with Crippen molar-refractivity contribution in [2.75, 3.05) is 0 Å². The second kappa shape index (κ2) is 7.41. The van der Waals surface area contributed by atoms with Crippen molar-refractivity contribution in [1.82, 2.24) is 4.57 Å². The van der Waals surface area contributed by atoms with Gasteiger partial charge in [0.1, 0.15) is 0 Å². The number of aromatic nitrogens is 1. The molecule has 1 saturated carbocycles. The molecule has 0 saturated heterocycles. The molecule has 3 heteroatoms. The summed E-state index contributed by atoms with van der Waals surface area (Å²) < 4.78 is 9.29. The first-order valence-corrected chi connectivity index (χ1v) is 11.9. The average molecular weight is 411 g/mol. The molecule has 2 aliphatic rings. The molecule has 1 heterocycles. The van der Waals surface area contributed by atoms with E-state index >= 15 is 0 Å². The van der Waals surface area contributed by atoms with Crippen molar-refractivity contribution < 1.29 is 4.65 Å². The number of hydrogen-bond donors (Lipinski definition) is 0. The van der Waals surface area contributed by atoms with Crippen molar-refractivity contribution in [2.45, 2.75) is 65.8 Å². The summed E-state index contributed by atoms with van der Waals surface area (Å²) in [7, 11) is 0. The van der Waals surface area contributed by atoms with Gasteiger partial charge in [-0.05, 0) is 74.5 Å². The molecular weight excluding hydrogens is 377 g/mol. The van der Waals surface area contributed by atoms with E-state index in [-0.39, 0.29) is 17.9 Å². The van der Waals surface area contributed by atoms with Crippen LogP contribution in [0.25, 0.3) is 27.5 Å². The number of nitrogens with zero attached hydrogens (tertiary/aromatic N) is 1. The van der Waals surface area contributed by atoms with Gasteiger partial charge in [0.25, 0.3) is 0 Å². The summed E-state index contributed by atoms with van der Waals surface area (Å²) in [4.78, 5) is 0. The van der Waals surface area contributed by atoms with Gasteiger partial charge in [-0.2, -0.15) is 0 Å². The van der Waals surface area contributed by atoms with Gasteiger partial charge in [0.05, 0.1) is 16.6 Å². The largest absolute Gasteiger partial charge is 0.426 e. The molecule has 0 N–H and O–H groups in total. The lowest BCUT2D eigenvalue weighted by molar-refractivity contribution is -0.0253. The van der Waals surface area contributed by atoms with E-state index in [1.165, 1.54) is 45.8 Å². The summed E-state index contributed by atoms with van der Waals surface area (Å²) in [5, 5.41) is 2.63. The highest BCUT2D eigenvalue weighted by Gasteiger charge is 2.49. The molecule has 0 aliphatic heterocycles. The van der Waals surface area contributed by atoms with Gasteiger partial charge in [-0.15, -0.1) is 0 Å². The predicted molar refractivity (Wildman–Crippen MR) is 135 cm³/mol. The van der Waals surface area contributed by atoms with E-state index in [0.29, 0.717) is 0 Å². The van der Waals surface area contributed by atoms with Crippen LogP contribution in [0.3, 0.4) is 0 Å². The Kier molecular flexibility index (Phi) is 4.93. The normalized spacial score (nSPS) is 17.4. The fraction of sp³-hybridized carbons (Fsp3) is 0.429. The Hall–Kier alpha value is -2.26. The van der Waals surface area contributed by atoms with Gasteiger partial charge < -0.3 is 9.22 Å². The molecule has 1 fully saturated rings. The Bertz CT molecular complexity index is 1190. The first-order valence-electron chi connectivity index (χ1n) is 11.9. The maximum atomic E-state index is 6.86. The molecule has 0 radical (unpaired) electrons. The molecule has 2 aromatic carbocycles. The molecule has 0 unspecified atom stereocenters. The van der Waals surface area contributed by atoms with Crippen LogP contribution in [0.5, 0.6) is 0 Å². The third-order valence-corrected chi connectivity index (χ3v) is 8.02. The Labute approximate surface area is 187 Å². The van der Waals surface area contributed by atoms with Crippen molar-refractivity contribution in [3.63, 3.8) is 0 Å². The quantitative estimate of drug-likeness (QED) is 0.397. The minimum atomic E-state index is -0.192. The standard InChI is InChI=1S/C28H34BNO/c1-27(2,20-18-19-20)28(3,4)31-29(5)23-15-11-17-25-26(23)22-14-9-10-16-24(22)30(25)21-12-7-6-8-13-21/h7,9-17,20H,6,8,18-19H2,1-5H3. The van der Waals surface area contributed by atoms with Crippen LogP contribution >= 0.6 is 0 Å². The van der Waals surface area contributed by atoms with Gasteiger partial charge in [-0.25, -0.2) is 0 Å². The topological polar surface area (TPSA) is 14.2 Å². The fourth-order valence-electron chi connectivity index (χ4n) is 5.38. The molecule has 1 aromatic heterocycles. The molecule has 0 spiro atoms. The lowest BCUT2D eigenvalue weighted by Crippen LogP contribution is -2.49. The van der Waals surface area contributed by atoms with E-state index in [1.807, 2.05) is 0 Å². The summed E-state index contributed by atoms with van der Waals surface area (Å²) in [6.07, 6.45) is 11.8. The zero-order valence-corrected chi connectivity index (χ0v) is 19.6. The molecule has 2 aliphatic carbocycles. The van der Waals surface area contributed by atoms with Gasteiger partial charge >= 0.3 is 6.92 Å². The SMILES string of the molecule is CB(OC(C)(C)C(C)(C)C1CC1)c1cccc2c1c1ccccc1n2C1=CCCC=C1. The third kappa shape index (κ3) is 3.38. The van der Waals surface area contributed by atoms with Crippen LogP contribution in [0.4, 0.5) is 0 Å². The number of para-hydroxylation sites is 1. The molecule has 0 bridgehead atoms. The summed E-state index contributed by atoms with van der Waals surface area (Å²) in [6, 6.07) is 15.5. The van der Waals surface area contributed by atoms with Gasteiger partial charge in [0, 0.05) is 16.5 Å². The average Bonchev–Trinajstić information content (AvgIpc) is 3.56. The highest BCUT2D eigenvalue weighted by atomic mass is 16.5. The van der Waals surface area contributed by atoms with E-state index in [1.54, 1.807) is 0 Å². The van der Waals surface area contributed by atoms with E-state index in [9.17, 15) is 0 Å². The van der Waals surface area contributed by atoms with Crippen LogP contribution in [0.2, 0.25) is 6.82 Å². The highest BCUT2D eigenvalue weighted by molar-refractivity contribution is 6.69. The second-order valence-corrected chi connectivity index (χ2v) is 10.5. The van der Waals surface area contributed by atoms with Gasteiger partial charge in [-0.1, -0.05) is 63.2 Å². The first kappa shape index (κ1) is 20.6. The van der Waals surface area contributed by atoms with Crippen LogP contribution in [-0.4, -0.2) is 17.1 Å². The first-order chi connectivity index (χ1) is 14.8. The van der Waals surface area contributed by atoms with Crippen molar-refractivity contribution in [2.24, 2.45) is 11.3 Å². The van der Waals surface area contributed by atoms with Crippen LogP contribution in [0, 0.1) is 11.3 Å². The smallest absolute Gasteiger partial charge is 0.324 e. The second-order valence-electron chi connectivity index (χ2n) is 10.5. The molecule has 0 atom stereocenters. The summed E-state index contributed by atoms with van der Waals surface area (Å²) in [6.45, 7) is 11.6. The molecule has 5 rings (SSSR count). The summed E-state index contributed by atoms with van der Waals surface area (Å²) in [5.41, 5.74) is 5.08. The predicted octanol–water partition coefficient (Wildman–Crippen LogP) is 7.05. The lowest BCUT2D eigenvalue weighted by atomic mass is 9.60. The third-order valence-electron chi connectivity index (χ3n) is 8.02. The van der Waals surface area contributed by atoms with E-state index in [4.69, 9.17) is 4.65 Å². The Morgan fingerprint density at radius 1 is 0.935 bits per heavy atom. The van der Waals surface area contributed by atoms with Crippen molar-refractivity contribution in [3.05, 3.63) is 60.7 Å². The number of allylic oxidation sites excluding steroid dienone is 4. The maximum Gasteiger partial charge on any atom is 0.324 e. The van der Waals surface area contributed by atoms with Gasteiger partial charge in [0.15, 0.2) is 0 Å². The minimum absolute atomic E-state index is 0.0202. The summed E-state index contributed by atoms with van der Waals surface area (Å²) in [5.74, 6) is 0.775. The van der Waals surface area contributed by atoms with E-state index in [0.717, 1.165) is 18.8 Å². The molecule has 2 nitrogen and oxygen atoms in total. The van der Waals surface area contributed by atoms with Crippen LogP contribution < -0.4 is 5.46 Å². The zero-order valence-electron chi connectivity index (χ0n) is 19.6. The zero-order chi connectivity index (χ0) is 21.8. The molecular formula is C28H34BNO. The number of fused-ring (bicyclic) bond motifs is 3. The molecule has 31 heavy (non-hydrogen) atoms. The van der Waals surface area contributed by atoms with Crippen LogP contribution in [-0.2, 0) is 4.65 Å². The molecule has 3 aromatic rings. The number of rotatable bonds is 6. The van der Waals surface area contributed by atoms with Gasteiger partial charge in [0.2, 0.25) is 0 Å². The maximum absolute atomic E-state index is 6.86. The van der Waals surface area contributed by atoms with Crippen molar-refractivity contribution in [3.8, 4) is 0 Å². The van der Waals surface area contributed by atoms with Crippen LogP contribution in [0.15, 0.2) is 60.7 Å². The number of benzene rings is 2. The Balaban J connectivity index is 1.64. The monoisotopic (exact) mass is 411 g/mol. The highest BCUT2D eigenvalue weighted by Crippen LogP contribution is 2.52. The Morgan fingerprint density at radius 2 is 1.68 bits per heavy atom. The minimum Gasteiger partial charge on any atom is -0.426 e. The molecule has 0 amide bonds. The summed E-state index contributed by atoms with van der Waals surface area (Å²) >= 11 is 0. The lowest BCUT2D eigenvalue weighted by Gasteiger charge is -2.44. The number of hydrogen-bond acceptors (Lipinski definition) is 1.